The lowest BCUT2D eigenvalue weighted by molar-refractivity contribution is -0.0176. The molecule has 2 unspecified atom stereocenters. The van der Waals surface area contributed by atoms with Gasteiger partial charge in [-0.2, -0.15) is 0 Å². The van der Waals surface area contributed by atoms with Gasteiger partial charge in [-0.3, -0.25) is 0 Å². The Morgan fingerprint density at radius 3 is 2.71 bits per heavy atom. The van der Waals surface area contributed by atoms with Gasteiger partial charge in [0.1, 0.15) is 23.8 Å². The van der Waals surface area contributed by atoms with Gasteiger partial charge < -0.3 is 25.2 Å². The van der Waals surface area contributed by atoms with E-state index >= 15 is 0 Å². The van der Waals surface area contributed by atoms with Crippen molar-refractivity contribution >= 4 is 11.6 Å². The summed E-state index contributed by atoms with van der Waals surface area (Å²) in [6.45, 7) is 5.99. The molecule has 1 aromatic rings. The van der Waals surface area contributed by atoms with Gasteiger partial charge in [-0.15, -0.1) is 0 Å². The molecule has 1 fully saturated rings. The molecule has 7 heteroatoms. The molecule has 2 atom stereocenters. The van der Waals surface area contributed by atoms with Gasteiger partial charge in [-0.05, 0) is 13.8 Å². The van der Waals surface area contributed by atoms with E-state index in [-0.39, 0.29) is 6.10 Å². The van der Waals surface area contributed by atoms with E-state index in [2.05, 4.69) is 20.6 Å². The fraction of sp³-hybridized carbons (Fsp3) is 0.714. The topological polar surface area (TPSA) is 88.5 Å². The standard InChI is InChI=1S/C14H24N4O3/c1-4-15-11-7-12(18-13(17-11)8-20-3)16-9-14(19)5-6-21-10(14)2/h7,10,19H,4-6,8-9H2,1-3H3,(H2,15,16,17,18). The zero-order valence-electron chi connectivity index (χ0n) is 12.8. The zero-order chi connectivity index (χ0) is 15.3. The molecule has 118 valence electrons. The van der Waals surface area contributed by atoms with Crippen molar-refractivity contribution in [2.24, 2.45) is 0 Å². The quantitative estimate of drug-likeness (QED) is 0.692. The molecule has 1 aromatic heterocycles. The summed E-state index contributed by atoms with van der Waals surface area (Å²) in [7, 11) is 1.61. The summed E-state index contributed by atoms with van der Waals surface area (Å²) in [6.07, 6.45) is 0.440. The van der Waals surface area contributed by atoms with Crippen LogP contribution in [-0.4, -0.2) is 53.6 Å². The number of aliphatic hydroxyl groups is 1. The lowest BCUT2D eigenvalue weighted by Crippen LogP contribution is -2.43. The Balaban J connectivity index is 2.07. The van der Waals surface area contributed by atoms with E-state index in [1.165, 1.54) is 0 Å². The molecule has 3 N–H and O–H groups in total. The molecule has 0 radical (unpaired) electrons. The highest BCUT2D eigenvalue weighted by Crippen LogP contribution is 2.26. The van der Waals surface area contributed by atoms with Crippen LogP contribution < -0.4 is 10.6 Å². The second-order valence-corrected chi connectivity index (χ2v) is 5.24. The summed E-state index contributed by atoms with van der Waals surface area (Å²) in [5.74, 6) is 2.01. The van der Waals surface area contributed by atoms with Crippen molar-refractivity contribution in [3.05, 3.63) is 11.9 Å². The van der Waals surface area contributed by atoms with Crippen molar-refractivity contribution < 1.29 is 14.6 Å². The molecule has 0 amide bonds. The van der Waals surface area contributed by atoms with Crippen LogP contribution in [0, 0.1) is 0 Å². The second kappa shape index (κ2) is 7.02. The molecule has 1 aliphatic rings. The fourth-order valence-corrected chi connectivity index (χ4v) is 2.30. The predicted octanol–water partition coefficient (Wildman–Crippen LogP) is 1.01. The largest absolute Gasteiger partial charge is 0.385 e. The molecule has 21 heavy (non-hydrogen) atoms. The monoisotopic (exact) mass is 296 g/mol. The van der Waals surface area contributed by atoms with Gasteiger partial charge in [0, 0.05) is 39.3 Å². The minimum atomic E-state index is -0.856. The number of anilines is 2. The highest BCUT2D eigenvalue weighted by molar-refractivity contribution is 5.47. The van der Waals surface area contributed by atoms with Gasteiger partial charge in [0.05, 0.1) is 6.10 Å². The molecule has 1 aliphatic heterocycles. The molecule has 2 heterocycles. The maximum absolute atomic E-state index is 10.5. The molecule has 0 aliphatic carbocycles. The Hall–Kier alpha value is -1.44. The van der Waals surface area contributed by atoms with E-state index in [0.717, 1.165) is 12.4 Å². The van der Waals surface area contributed by atoms with Gasteiger partial charge in [-0.25, -0.2) is 9.97 Å². The Labute approximate surface area is 125 Å². The minimum Gasteiger partial charge on any atom is -0.385 e. The first kappa shape index (κ1) is 15.9. The summed E-state index contributed by atoms with van der Waals surface area (Å²) in [6, 6.07) is 1.83. The van der Waals surface area contributed by atoms with Crippen molar-refractivity contribution in [2.75, 3.05) is 37.4 Å². The van der Waals surface area contributed by atoms with E-state index in [9.17, 15) is 5.11 Å². The van der Waals surface area contributed by atoms with Crippen LogP contribution in [0.1, 0.15) is 26.1 Å². The van der Waals surface area contributed by atoms with Crippen molar-refractivity contribution in [1.82, 2.24) is 9.97 Å². The molecular weight excluding hydrogens is 272 g/mol. The highest BCUT2D eigenvalue weighted by Gasteiger charge is 2.39. The summed E-state index contributed by atoms with van der Waals surface area (Å²) in [5, 5.41) is 16.8. The number of ether oxygens (including phenoxy) is 2. The van der Waals surface area contributed by atoms with E-state index < -0.39 is 5.60 Å². The third-order valence-corrected chi connectivity index (χ3v) is 3.64. The van der Waals surface area contributed by atoms with Crippen LogP contribution in [0.4, 0.5) is 11.6 Å². The van der Waals surface area contributed by atoms with E-state index in [0.29, 0.717) is 37.8 Å². The molecule has 0 spiro atoms. The predicted molar refractivity (Wildman–Crippen MR) is 80.4 cm³/mol. The van der Waals surface area contributed by atoms with Gasteiger partial charge in [0.2, 0.25) is 0 Å². The summed E-state index contributed by atoms with van der Waals surface area (Å²) < 4.78 is 10.5. The highest BCUT2D eigenvalue weighted by atomic mass is 16.5. The Morgan fingerprint density at radius 2 is 2.14 bits per heavy atom. The SMILES string of the molecule is CCNc1cc(NCC2(O)CCOC2C)nc(COC)n1. The van der Waals surface area contributed by atoms with Crippen LogP contribution in [0.5, 0.6) is 0 Å². The zero-order valence-corrected chi connectivity index (χ0v) is 12.8. The number of nitrogens with one attached hydrogen (secondary N) is 2. The maximum Gasteiger partial charge on any atom is 0.158 e. The molecule has 0 aromatic carbocycles. The smallest absolute Gasteiger partial charge is 0.158 e. The third kappa shape index (κ3) is 4.03. The molecule has 2 rings (SSSR count). The average molecular weight is 296 g/mol. The molecule has 0 bridgehead atoms. The molecule has 7 nitrogen and oxygen atoms in total. The van der Waals surface area contributed by atoms with Crippen molar-refractivity contribution in [2.45, 2.75) is 38.6 Å². The van der Waals surface area contributed by atoms with E-state index in [1.54, 1.807) is 7.11 Å². The first-order valence-corrected chi connectivity index (χ1v) is 7.26. The van der Waals surface area contributed by atoms with Crippen LogP contribution in [0.2, 0.25) is 0 Å². The van der Waals surface area contributed by atoms with Gasteiger partial charge in [0.15, 0.2) is 5.82 Å². The lowest BCUT2D eigenvalue weighted by atomic mass is 9.97. The van der Waals surface area contributed by atoms with Crippen LogP contribution in [-0.2, 0) is 16.1 Å². The van der Waals surface area contributed by atoms with E-state index in [1.807, 2.05) is 19.9 Å². The van der Waals surface area contributed by atoms with Gasteiger partial charge in [-0.1, -0.05) is 0 Å². The number of nitrogens with zero attached hydrogens (tertiary/aromatic N) is 2. The van der Waals surface area contributed by atoms with Gasteiger partial charge in [0.25, 0.3) is 0 Å². The van der Waals surface area contributed by atoms with Crippen LogP contribution >= 0.6 is 0 Å². The molecular formula is C14H24N4O3. The Bertz CT molecular complexity index is 447. The van der Waals surface area contributed by atoms with Crippen LogP contribution in [0.25, 0.3) is 0 Å². The summed E-state index contributed by atoms with van der Waals surface area (Å²) in [4.78, 5) is 8.73. The average Bonchev–Trinajstić information content (AvgIpc) is 2.78. The first-order valence-electron chi connectivity index (χ1n) is 7.26. The number of hydrogen-bond donors (Lipinski definition) is 3. The third-order valence-electron chi connectivity index (χ3n) is 3.64. The van der Waals surface area contributed by atoms with E-state index in [4.69, 9.17) is 9.47 Å². The number of aromatic nitrogens is 2. The number of hydrogen-bond acceptors (Lipinski definition) is 7. The van der Waals surface area contributed by atoms with Crippen molar-refractivity contribution in [3.8, 4) is 0 Å². The van der Waals surface area contributed by atoms with Gasteiger partial charge >= 0.3 is 0 Å². The Morgan fingerprint density at radius 1 is 1.43 bits per heavy atom. The fourth-order valence-electron chi connectivity index (χ4n) is 2.30. The normalized spacial score (nSPS) is 25.0. The molecule has 0 saturated carbocycles. The molecule has 1 saturated heterocycles. The Kier molecular flexibility index (Phi) is 5.33. The minimum absolute atomic E-state index is 0.182. The maximum atomic E-state index is 10.5. The summed E-state index contributed by atoms with van der Waals surface area (Å²) in [5.41, 5.74) is -0.856. The number of rotatable bonds is 7. The second-order valence-electron chi connectivity index (χ2n) is 5.24. The van der Waals surface area contributed by atoms with Crippen LogP contribution in [0.3, 0.4) is 0 Å². The van der Waals surface area contributed by atoms with Crippen molar-refractivity contribution in [1.29, 1.82) is 0 Å². The lowest BCUT2D eigenvalue weighted by Gasteiger charge is -2.26. The number of methoxy groups -OCH3 is 1. The van der Waals surface area contributed by atoms with Crippen LogP contribution in [0.15, 0.2) is 6.07 Å². The first-order chi connectivity index (χ1) is 10.1. The summed E-state index contributed by atoms with van der Waals surface area (Å²) >= 11 is 0. The van der Waals surface area contributed by atoms with Crippen molar-refractivity contribution in [3.63, 3.8) is 0 Å².